The number of nitro benzene ring substituents is 1. The van der Waals surface area contributed by atoms with Crippen molar-refractivity contribution in [1.29, 1.82) is 0 Å². The molecule has 0 fully saturated rings. The van der Waals surface area contributed by atoms with E-state index in [4.69, 9.17) is 13.9 Å². The second-order valence-electron chi connectivity index (χ2n) is 5.94. The molecular formula is C20H17N3O6. The van der Waals surface area contributed by atoms with Crippen LogP contribution in [0.3, 0.4) is 0 Å². The molecule has 0 aliphatic heterocycles. The molecule has 2 aromatic carbocycles. The summed E-state index contributed by atoms with van der Waals surface area (Å²) in [6.07, 6.45) is 2.13. The van der Waals surface area contributed by atoms with Gasteiger partial charge in [0.05, 0.1) is 12.0 Å². The van der Waals surface area contributed by atoms with Crippen LogP contribution in [-0.4, -0.2) is 28.2 Å². The molecule has 0 saturated carbocycles. The van der Waals surface area contributed by atoms with E-state index >= 15 is 0 Å². The first-order chi connectivity index (χ1) is 14.0. The molecule has 0 bridgehead atoms. The van der Waals surface area contributed by atoms with E-state index < -0.39 is 17.0 Å². The third kappa shape index (κ3) is 5.04. The van der Waals surface area contributed by atoms with Crippen LogP contribution in [0.15, 0.2) is 59.0 Å². The Kier molecular flexibility index (Phi) is 5.98. The number of carbonyl (C=O) groups is 1. The van der Waals surface area contributed by atoms with Crippen LogP contribution in [0.5, 0.6) is 5.75 Å². The van der Waals surface area contributed by atoms with Crippen LogP contribution in [0.25, 0.3) is 17.5 Å². The minimum Gasteiger partial charge on any atom is -0.497 e. The van der Waals surface area contributed by atoms with Crippen LogP contribution in [0.2, 0.25) is 0 Å². The molecule has 0 saturated heterocycles. The van der Waals surface area contributed by atoms with Gasteiger partial charge in [0.1, 0.15) is 5.75 Å². The molecule has 3 aromatic rings. The molecule has 1 heterocycles. The lowest BCUT2D eigenvalue weighted by molar-refractivity contribution is -0.384. The quantitative estimate of drug-likeness (QED) is 0.255. The van der Waals surface area contributed by atoms with Gasteiger partial charge >= 0.3 is 5.97 Å². The maximum absolute atomic E-state index is 12.0. The van der Waals surface area contributed by atoms with E-state index in [1.165, 1.54) is 30.3 Å². The number of benzene rings is 2. The number of hydrogen-bond acceptors (Lipinski definition) is 8. The Balaban J connectivity index is 1.63. The zero-order chi connectivity index (χ0) is 20.8. The standard InChI is InChI=1S/C20H17N3O6/c1-13(28-18(24)11-6-14-4-3-5-17(12-14)27-2)19-21-22-20(29-19)15-7-9-16(10-8-15)23(25)26/h3-13H,1-2H3/b11-6+/t13-/m0/s1. The molecule has 0 radical (unpaired) electrons. The summed E-state index contributed by atoms with van der Waals surface area (Å²) in [5, 5.41) is 18.5. The Bertz CT molecular complexity index is 1040. The summed E-state index contributed by atoms with van der Waals surface area (Å²) in [5.74, 6) is 0.389. The third-order valence-corrected chi connectivity index (χ3v) is 3.91. The summed E-state index contributed by atoms with van der Waals surface area (Å²) in [5.41, 5.74) is 1.26. The van der Waals surface area contributed by atoms with Crippen molar-refractivity contribution in [3.05, 3.63) is 76.2 Å². The number of ether oxygens (including phenoxy) is 2. The SMILES string of the molecule is COc1cccc(/C=C/C(=O)O[C@@H](C)c2nnc(-c3ccc([N+](=O)[O-])cc3)o2)c1. The van der Waals surface area contributed by atoms with Crippen molar-refractivity contribution in [1.82, 2.24) is 10.2 Å². The Morgan fingerprint density at radius 1 is 1.21 bits per heavy atom. The van der Waals surface area contributed by atoms with Crippen molar-refractivity contribution < 1.29 is 23.6 Å². The van der Waals surface area contributed by atoms with E-state index in [0.717, 1.165) is 5.56 Å². The number of rotatable bonds is 7. The summed E-state index contributed by atoms with van der Waals surface area (Å²) >= 11 is 0. The Morgan fingerprint density at radius 3 is 2.66 bits per heavy atom. The molecule has 1 atom stereocenters. The van der Waals surface area contributed by atoms with Gasteiger partial charge < -0.3 is 13.9 Å². The van der Waals surface area contributed by atoms with Gasteiger partial charge in [-0.1, -0.05) is 12.1 Å². The second-order valence-corrected chi connectivity index (χ2v) is 5.94. The Labute approximate surface area is 165 Å². The minimum atomic E-state index is -0.767. The molecule has 9 heteroatoms. The van der Waals surface area contributed by atoms with Gasteiger partial charge in [0.25, 0.3) is 11.6 Å². The first kappa shape index (κ1) is 19.7. The Hall–Kier alpha value is -4.01. The molecular weight excluding hydrogens is 378 g/mol. The zero-order valence-electron chi connectivity index (χ0n) is 15.6. The molecule has 0 unspecified atom stereocenters. The van der Waals surface area contributed by atoms with E-state index in [2.05, 4.69) is 10.2 Å². The van der Waals surface area contributed by atoms with Gasteiger partial charge in [0.15, 0.2) is 6.10 Å². The Morgan fingerprint density at radius 2 is 1.97 bits per heavy atom. The number of nitrogens with zero attached hydrogens (tertiary/aromatic N) is 3. The molecule has 0 aliphatic rings. The lowest BCUT2D eigenvalue weighted by Crippen LogP contribution is -2.06. The van der Waals surface area contributed by atoms with Crippen molar-refractivity contribution in [2.45, 2.75) is 13.0 Å². The average molecular weight is 395 g/mol. The average Bonchev–Trinajstić information content (AvgIpc) is 3.23. The van der Waals surface area contributed by atoms with E-state index in [1.807, 2.05) is 12.1 Å². The topological polar surface area (TPSA) is 118 Å². The number of hydrogen-bond donors (Lipinski definition) is 0. The van der Waals surface area contributed by atoms with Crippen LogP contribution in [-0.2, 0) is 9.53 Å². The molecule has 0 N–H and O–H groups in total. The molecule has 3 rings (SSSR count). The largest absolute Gasteiger partial charge is 0.497 e. The van der Waals surface area contributed by atoms with Gasteiger partial charge in [-0.2, -0.15) is 0 Å². The van der Waals surface area contributed by atoms with Crippen molar-refractivity contribution >= 4 is 17.7 Å². The number of aromatic nitrogens is 2. The summed E-state index contributed by atoms with van der Waals surface area (Å²) in [4.78, 5) is 22.3. The number of methoxy groups -OCH3 is 1. The molecule has 1 aromatic heterocycles. The highest BCUT2D eigenvalue weighted by Crippen LogP contribution is 2.24. The van der Waals surface area contributed by atoms with Gasteiger partial charge in [-0.15, -0.1) is 10.2 Å². The van der Waals surface area contributed by atoms with E-state index in [9.17, 15) is 14.9 Å². The predicted molar refractivity (Wildman–Crippen MR) is 103 cm³/mol. The maximum atomic E-state index is 12.0. The lowest BCUT2D eigenvalue weighted by Gasteiger charge is -2.06. The third-order valence-electron chi connectivity index (χ3n) is 3.91. The molecule has 9 nitrogen and oxygen atoms in total. The fraction of sp³-hybridized carbons (Fsp3) is 0.150. The van der Waals surface area contributed by atoms with Crippen LogP contribution in [0.1, 0.15) is 24.5 Å². The van der Waals surface area contributed by atoms with Crippen LogP contribution in [0.4, 0.5) is 5.69 Å². The molecule has 0 aliphatic carbocycles. The number of nitro groups is 1. The van der Waals surface area contributed by atoms with E-state index in [0.29, 0.717) is 11.3 Å². The van der Waals surface area contributed by atoms with E-state index in [1.54, 1.807) is 32.2 Å². The normalized spacial score (nSPS) is 11.9. The maximum Gasteiger partial charge on any atom is 0.331 e. The highest BCUT2D eigenvalue weighted by atomic mass is 16.6. The van der Waals surface area contributed by atoms with Crippen molar-refractivity contribution in [3.8, 4) is 17.2 Å². The van der Waals surface area contributed by atoms with Crippen LogP contribution >= 0.6 is 0 Å². The predicted octanol–water partition coefficient (Wildman–Crippen LogP) is 3.97. The zero-order valence-corrected chi connectivity index (χ0v) is 15.6. The van der Waals surface area contributed by atoms with Crippen LogP contribution in [0, 0.1) is 10.1 Å². The van der Waals surface area contributed by atoms with Gasteiger partial charge in [-0.3, -0.25) is 10.1 Å². The molecule has 0 amide bonds. The molecule has 0 spiro atoms. The fourth-order valence-corrected chi connectivity index (χ4v) is 2.41. The number of esters is 1. The minimum absolute atomic E-state index is 0.0430. The number of carbonyl (C=O) groups excluding carboxylic acids is 1. The monoisotopic (exact) mass is 395 g/mol. The van der Waals surface area contributed by atoms with Gasteiger partial charge in [-0.05, 0) is 42.8 Å². The van der Waals surface area contributed by atoms with E-state index in [-0.39, 0.29) is 17.5 Å². The summed E-state index contributed by atoms with van der Waals surface area (Å²) in [6.45, 7) is 1.60. The lowest BCUT2D eigenvalue weighted by atomic mass is 10.2. The van der Waals surface area contributed by atoms with Crippen molar-refractivity contribution in [2.75, 3.05) is 7.11 Å². The highest BCUT2D eigenvalue weighted by molar-refractivity contribution is 5.87. The molecule has 148 valence electrons. The fourth-order valence-electron chi connectivity index (χ4n) is 2.41. The van der Waals surface area contributed by atoms with Gasteiger partial charge in [-0.25, -0.2) is 4.79 Å². The molecule has 29 heavy (non-hydrogen) atoms. The van der Waals surface area contributed by atoms with Gasteiger partial charge in [0.2, 0.25) is 5.89 Å². The highest BCUT2D eigenvalue weighted by Gasteiger charge is 2.18. The summed E-state index contributed by atoms with van der Waals surface area (Å²) in [6, 6.07) is 12.9. The first-order valence-electron chi connectivity index (χ1n) is 8.57. The van der Waals surface area contributed by atoms with Crippen molar-refractivity contribution in [2.24, 2.45) is 0 Å². The first-order valence-corrected chi connectivity index (χ1v) is 8.57. The van der Waals surface area contributed by atoms with Crippen molar-refractivity contribution in [3.63, 3.8) is 0 Å². The summed E-state index contributed by atoms with van der Waals surface area (Å²) < 4.78 is 15.9. The summed E-state index contributed by atoms with van der Waals surface area (Å²) in [7, 11) is 1.56. The second kappa shape index (κ2) is 8.79. The van der Waals surface area contributed by atoms with Crippen LogP contribution < -0.4 is 4.74 Å². The number of non-ortho nitro benzene ring substituents is 1. The smallest absolute Gasteiger partial charge is 0.331 e. The van der Waals surface area contributed by atoms with Gasteiger partial charge in [0, 0.05) is 23.8 Å².